The molecule has 1 aromatic heterocycles. The molecule has 0 aliphatic carbocycles. The highest BCUT2D eigenvalue weighted by Crippen LogP contribution is 2.16. The second kappa shape index (κ2) is 7.29. The molecule has 1 aromatic rings. The van der Waals surface area contributed by atoms with E-state index in [0.717, 1.165) is 18.6 Å². The Bertz CT molecular complexity index is 279. The lowest BCUT2D eigenvalue weighted by Crippen LogP contribution is -2.31. The smallest absolute Gasteiger partial charge is 0.120 e. The van der Waals surface area contributed by atoms with Crippen molar-refractivity contribution in [3.8, 4) is 0 Å². The summed E-state index contributed by atoms with van der Waals surface area (Å²) in [6.07, 6.45) is 8.36. The van der Waals surface area contributed by atoms with E-state index < -0.39 is 0 Å². The molecule has 0 saturated carbocycles. The van der Waals surface area contributed by atoms with Crippen LogP contribution in [0.25, 0.3) is 0 Å². The fraction of sp³-hybridized carbons (Fsp3) is 0.571. The van der Waals surface area contributed by atoms with E-state index in [4.69, 9.17) is 4.42 Å². The molecule has 0 spiro atoms. The fourth-order valence-electron chi connectivity index (χ4n) is 1.95. The molecule has 0 aliphatic rings. The Morgan fingerprint density at radius 3 is 2.88 bits per heavy atom. The monoisotopic (exact) mass is 221 g/mol. The Balaban J connectivity index is 2.43. The van der Waals surface area contributed by atoms with E-state index in [1.807, 2.05) is 18.2 Å². The van der Waals surface area contributed by atoms with Crippen LogP contribution >= 0.6 is 0 Å². The van der Waals surface area contributed by atoms with Crippen LogP contribution in [0.2, 0.25) is 0 Å². The highest BCUT2D eigenvalue weighted by molar-refractivity contribution is 5.03. The van der Waals surface area contributed by atoms with E-state index >= 15 is 0 Å². The second-order valence-electron chi connectivity index (χ2n) is 4.26. The van der Waals surface area contributed by atoms with Crippen molar-refractivity contribution in [3.63, 3.8) is 0 Å². The predicted molar refractivity (Wildman–Crippen MR) is 68.4 cm³/mol. The van der Waals surface area contributed by atoms with E-state index in [1.165, 1.54) is 12.8 Å². The normalized spacial score (nSPS) is 14.6. The van der Waals surface area contributed by atoms with Gasteiger partial charge in [-0.1, -0.05) is 19.4 Å². The first kappa shape index (κ1) is 13.0. The van der Waals surface area contributed by atoms with Crippen LogP contribution in [0.5, 0.6) is 0 Å². The maximum Gasteiger partial charge on any atom is 0.120 e. The zero-order valence-corrected chi connectivity index (χ0v) is 10.4. The summed E-state index contributed by atoms with van der Waals surface area (Å²) in [5, 5.41) is 3.61. The zero-order valence-electron chi connectivity index (χ0n) is 10.4. The summed E-state index contributed by atoms with van der Waals surface area (Å²) in [6.45, 7) is 8.15. The lowest BCUT2D eigenvalue weighted by molar-refractivity contribution is 0.363. The maximum absolute atomic E-state index is 5.40. The molecule has 0 bridgehead atoms. The lowest BCUT2D eigenvalue weighted by atomic mass is 10.0. The van der Waals surface area contributed by atoms with Gasteiger partial charge in [-0.05, 0) is 38.3 Å². The van der Waals surface area contributed by atoms with Gasteiger partial charge >= 0.3 is 0 Å². The molecule has 2 nitrogen and oxygen atoms in total. The average Bonchev–Trinajstić information content (AvgIpc) is 2.79. The first-order valence-electron chi connectivity index (χ1n) is 6.18. The van der Waals surface area contributed by atoms with Crippen LogP contribution < -0.4 is 5.32 Å². The highest BCUT2D eigenvalue weighted by Gasteiger charge is 2.13. The molecule has 0 aromatic carbocycles. The summed E-state index contributed by atoms with van der Waals surface area (Å²) in [7, 11) is 0. The van der Waals surface area contributed by atoms with E-state index in [-0.39, 0.29) is 6.04 Å². The fourth-order valence-corrected chi connectivity index (χ4v) is 1.95. The van der Waals surface area contributed by atoms with Crippen LogP contribution in [0.4, 0.5) is 0 Å². The molecule has 16 heavy (non-hydrogen) atoms. The number of hydrogen-bond acceptors (Lipinski definition) is 2. The first-order chi connectivity index (χ1) is 7.77. The molecule has 0 radical (unpaired) electrons. The quantitative estimate of drug-likeness (QED) is 0.669. The van der Waals surface area contributed by atoms with Gasteiger partial charge in [-0.15, -0.1) is 6.58 Å². The van der Waals surface area contributed by atoms with Gasteiger partial charge in [0.2, 0.25) is 0 Å². The number of hydrogen-bond donors (Lipinski definition) is 1. The van der Waals surface area contributed by atoms with Gasteiger partial charge in [-0.3, -0.25) is 0 Å². The molecule has 1 N–H and O–H groups in total. The lowest BCUT2D eigenvalue weighted by Gasteiger charge is -2.21. The Kier molecular flexibility index (Phi) is 5.94. The van der Waals surface area contributed by atoms with Crippen molar-refractivity contribution in [2.24, 2.45) is 0 Å². The summed E-state index contributed by atoms with van der Waals surface area (Å²) in [5.74, 6) is 1.01. The first-order valence-corrected chi connectivity index (χ1v) is 6.18. The molecule has 90 valence electrons. The van der Waals surface area contributed by atoms with Gasteiger partial charge in [0.15, 0.2) is 0 Å². The molecule has 1 heterocycles. The summed E-state index contributed by atoms with van der Waals surface area (Å²) >= 11 is 0. The Morgan fingerprint density at radius 1 is 1.50 bits per heavy atom. The Morgan fingerprint density at radius 2 is 2.31 bits per heavy atom. The molecule has 0 fully saturated rings. The minimum absolute atomic E-state index is 0.288. The van der Waals surface area contributed by atoms with Crippen molar-refractivity contribution in [2.45, 2.75) is 51.6 Å². The minimum atomic E-state index is 0.288. The zero-order chi connectivity index (χ0) is 11.8. The molecule has 0 aliphatic heterocycles. The van der Waals surface area contributed by atoms with E-state index in [1.54, 1.807) is 6.26 Å². The van der Waals surface area contributed by atoms with Crippen LogP contribution in [0.1, 0.15) is 51.3 Å². The summed E-state index contributed by atoms with van der Waals surface area (Å²) in [6, 6.07) is 4.81. The number of furan rings is 1. The average molecular weight is 221 g/mol. The van der Waals surface area contributed by atoms with Crippen molar-refractivity contribution in [3.05, 3.63) is 36.8 Å². The van der Waals surface area contributed by atoms with Crippen LogP contribution in [0, 0.1) is 0 Å². The van der Waals surface area contributed by atoms with E-state index in [0.29, 0.717) is 6.04 Å². The van der Waals surface area contributed by atoms with Gasteiger partial charge in [-0.2, -0.15) is 0 Å². The highest BCUT2D eigenvalue weighted by atomic mass is 16.3. The van der Waals surface area contributed by atoms with Crippen molar-refractivity contribution < 1.29 is 4.42 Å². The van der Waals surface area contributed by atoms with Gasteiger partial charge in [0.1, 0.15) is 5.76 Å². The number of nitrogens with one attached hydrogen (secondary N) is 1. The van der Waals surface area contributed by atoms with Gasteiger partial charge in [0.05, 0.1) is 12.3 Å². The molecular formula is C14H23NO. The van der Waals surface area contributed by atoms with Crippen molar-refractivity contribution in [1.82, 2.24) is 5.32 Å². The largest absolute Gasteiger partial charge is 0.468 e. The summed E-state index contributed by atoms with van der Waals surface area (Å²) in [5.41, 5.74) is 0. The maximum atomic E-state index is 5.40. The summed E-state index contributed by atoms with van der Waals surface area (Å²) < 4.78 is 5.40. The third-order valence-electron chi connectivity index (χ3n) is 2.81. The standard InChI is InChI=1S/C14H23NO/c1-4-6-9-13(8-5-2)15-12(3)14-10-7-11-16-14/h4,7,10-13,15H,1,5-6,8-9H2,2-3H3. The molecular weight excluding hydrogens is 198 g/mol. The number of allylic oxidation sites excluding steroid dienone is 1. The van der Waals surface area contributed by atoms with Gasteiger partial charge in [0.25, 0.3) is 0 Å². The Labute approximate surface area is 98.7 Å². The molecule has 0 amide bonds. The second-order valence-corrected chi connectivity index (χ2v) is 4.26. The SMILES string of the molecule is C=CCCC(CCC)NC(C)c1ccco1. The van der Waals surface area contributed by atoms with E-state index in [2.05, 4.69) is 25.7 Å². The van der Waals surface area contributed by atoms with E-state index in [9.17, 15) is 0 Å². The van der Waals surface area contributed by atoms with Crippen molar-refractivity contribution >= 4 is 0 Å². The molecule has 1 rings (SSSR count). The van der Waals surface area contributed by atoms with Crippen LogP contribution in [-0.2, 0) is 0 Å². The molecule has 2 unspecified atom stereocenters. The Hall–Kier alpha value is -1.02. The van der Waals surface area contributed by atoms with Crippen LogP contribution in [0.3, 0.4) is 0 Å². The van der Waals surface area contributed by atoms with Crippen LogP contribution in [0.15, 0.2) is 35.5 Å². The third-order valence-corrected chi connectivity index (χ3v) is 2.81. The summed E-state index contributed by atoms with van der Waals surface area (Å²) in [4.78, 5) is 0. The molecule has 2 heteroatoms. The van der Waals surface area contributed by atoms with Crippen molar-refractivity contribution in [1.29, 1.82) is 0 Å². The van der Waals surface area contributed by atoms with Gasteiger partial charge < -0.3 is 9.73 Å². The van der Waals surface area contributed by atoms with Crippen LogP contribution in [-0.4, -0.2) is 6.04 Å². The minimum Gasteiger partial charge on any atom is -0.468 e. The number of rotatable bonds is 8. The molecule has 2 atom stereocenters. The topological polar surface area (TPSA) is 25.2 Å². The third kappa shape index (κ3) is 4.23. The predicted octanol–water partition coefficient (Wildman–Crippen LogP) is 4.07. The van der Waals surface area contributed by atoms with Crippen molar-refractivity contribution in [2.75, 3.05) is 0 Å². The van der Waals surface area contributed by atoms with Gasteiger partial charge in [0, 0.05) is 6.04 Å². The van der Waals surface area contributed by atoms with Gasteiger partial charge in [-0.25, -0.2) is 0 Å². The molecule has 0 saturated heterocycles.